The van der Waals surface area contributed by atoms with E-state index in [1.165, 1.54) is 6.07 Å². The van der Waals surface area contributed by atoms with E-state index in [0.29, 0.717) is 37.6 Å². The highest BCUT2D eigenvalue weighted by atomic mass is 19.4. The highest BCUT2D eigenvalue weighted by molar-refractivity contribution is 5.79. The number of hydrogen-bond donors (Lipinski definition) is 0. The van der Waals surface area contributed by atoms with Crippen LogP contribution in [0, 0.1) is 5.92 Å². The van der Waals surface area contributed by atoms with E-state index in [2.05, 4.69) is 9.88 Å². The van der Waals surface area contributed by atoms with Gasteiger partial charge in [0.2, 0.25) is 5.91 Å². The molecule has 0 atom stereocenters. The predicted octanol–water partition coefficient (Wildman–Crippen LogP) is 3.87. The lowest BCUT2D eigenvalue weighted by molar-refractivity contribution is -0.138. The van der Waals surface area contributed by atoms with Gasteiger partial charge in [0.1, 0.15) is 12.1 Å². The zero-order valence-electron chi connectivity index (χ0n) is 18.3. The first kappa shape index (κ1) is 23.1. The molecule has 0 spiro atoms. The van der Waals surface area contributed by atoms with E-state index in [9.17, 15) is 22.8 Å². The second-order valence-electron chi connectivity index (χ2n) is 8.54. The standard InChI is InChI=1S/C24H27F3N4O2/c25-24(26,27)20-4-7-22(28-16-20)30-10-1-11-31(15-14-30)23(33)19-8-12-29(13-9-19)21-5-2-18(17-32)3-6-21/h2-7,16-17,19H,1,8-15H2. The number of halogens is 3. The van der Waals surface area contributed by atoms with Gasteiger partial charge in [0.05, 0.1) is 5.56 Å². The van der Waals surface area contributed by atoms with E-state index in [1.807, 2.05) is 21.9 Å². The molecule has 4 rings (SSSR count). The van der Waals surface area contributed by atoms with Crippen LogP contribution in [0.4, 0.5) is 24.7 Å². The molecule has 2 saturated heterocycles. The zero-order valence-corrected chi connectivity index (χ0v) is 18.3. The Hall–Kier alpha value is -3.10. The van der Waals surface area contributed by atoms with Crippen molar-refractivity contribution in [1.82, 2.24) is 9.88 Å². The van der Waals surface area contributed by atoms with Gasteiger partial charge in [-0.1, -0.05) is 0 Å². The largest absolute Gasteiger partial charge is 0.417 e. The van der Waals surface area contributed by atoms with Crippen LogP contribution in [0.15, 0.2) is 42.6 Å². The molecular formula is C24H27F3N4O2. The second kappa shape index (κ2) is 9.80. The summed E-state index contributed by atoms with van der Waals surface area (Å²) in [5, 5.41) is 0. The van der Waals surface area contributed by atoms with Crippen LogP contribution in [0.25, 0.3) is 0 Å². The van der Waals surface area contributed by atoms with Crippen molar-refractivity contribution >= 4 is 23.7 Å². The number of amides is 1. The average Bonchev–Trinajstić information content (AvgIpc) is 3.10. The predicted molar refractivity (Wildman–Crippen MR) is 119 cm³/mol. The van der Waals surface area contributed by atoms with Gasteiger partial charge in [-0.25, -0.2) is 4.98 Å². The van der Waals surface area contributed by atoms with E-state index < -0.39 is 11.7 Å². The number of hydrogen-bond acceptors (Lipinski definition) is 5. The maximum absolute atomic E-state index is 13.1. The van der Waals surface area contributed by atoms with Gasteiger partial charge in [0, 0.05) is 62.6 Å². The van der Waals surface area contributed by atoms with Gasteiger partial charge in [-0.15, -0.1) is 0 Å². The van der Waals surface area contributed by atoms with Crippen molar-refractivity contribution in [2.75, 3.05) is 49.1 Å². The summed E-state index contributed by atoms with van der Waals surface area (Å²) in [6, 6.07) is 9.92. The number of alkyl halides is 3. The van der Waals surface area contributed by atoms with Crippen LogP contribution < -0.4 is 9.80 Å². The van der Waals surface area contributed by atoms with Crippen molar-refractivity contribution in [3.63, 3.8) is 0 Å². The molecule has 2 aromatic rings. The molecule has 2 aliphatic heterocycles. The maximum atomic E-state index is 13.1. The summed E-state index contributed by atoms with van der Waals surface area (Å²) in [6.45, 7) is 3.94. The quantitative estimate of drug-likeness (QED) is 0.649. The molecule has 0 radical (unpaired) electrons. The van der Waals surface area contributed by atoms with Crippen molar-refractivity contribution < 1.29 is 22.8 Å². The topological polar surface area (TPSA) is 56.8 Å². The minimum Gasteiger partial charge on any atom is -0.371 e. The molecule has 6 nitrogen and oxygen atoms in total. The zero-order chi connectivity index (χ0) is 23.4. The molecule has 2 fully saturated rings. The second-order valence-corrected chi connectivity index (χ2v) is 8.54. The molecule has 176 valence electrons. The van der Waals surface area contributed by atoms with Crippen LogP contribution in [-0.4, -0.2) is 61.3 Å². The number of carbonyl (C=O) groups excluding carboxylic acids is 2. The molecule has 0 bridgehead atoms. The fraction of sp³-hybridized carbons (Fsp3) is 0.458. The number of aldehydes is 1. The Morgan fingerprint density at radius 2 is 1.64 bits per heavy atom. The molecule has 1 aromatic carbocycles. The van der Waals surface area contributed by atoms with Gasteiger partial charge in [-0.05, 0) is 55.7 Å². The van der Waals surface area contributed by atoms with E-state index in [0.717, 1.165) is 56.6 Å². The van der Waals surface area contributed by atoms with E-state index in [1.54, 1.807) is 12.1 Å². The normalized spacial score (nSPS) is 18.2. The number of benzene rings is 1. The van der Waals surface area contributed by atoms with Gasteiger partial charge in [-0.3, -0.25) is 9.59 Å². The number of nitrogens with zero attached hydrogens (tertiary/aromatic N) is 4. The minimum absolute atomic E-state index is 0.0220. The van der Waals surface area contributed by atoms with E-state index >= 15 is 0 Å². The SMILES string of the molecule is O=Cc1ccc(N2CCC(C(=O)N3CCCN(c4ccc(C(F)(F)F)cn4)CC3)CC2)cc1. The molecule has 0 N–H and O–H groups in total. The Labute approximate surface area is 191 Å². The Bertz CT molecular complexity index is 955. The fourth-order valence-electron chi connectivity index (χ4n) is 4.51. The van der Waals surface area contributed by atoms with Crippen LogP contribution in [0.2, 0.25) is 0 Å². The first-order valence-electron chi connectivity index (χ1n) is 11.2. The summed E-state index contributed by atoms with van der Waals surface area (Å²) in [6.07, 6.45) is -0.420. The van der Waals surface area contributed by atoms with Crippen molar-refractivity contribution in [3.05, 3.63) is 53.7 Å². The smallest absolute Gasteiger partial charge is 0.371 e. The van der Waals surface area contributed by atoms with Crippen molar-refractivity contribution in [2.24, 2.45) is 5.92 Å². The lowest BCUT2D eigenvalue weighted by atomic mass is 9.94. The molecule has 3 heterocycles. The third-order valence-corrected chi connectivity index (χ3v) is 6.45. The number of carbonyl (C=O) groups is 2. The first-order valence-corrected chi connectivity index (χ1v) is 11.2. The average molecular weight is 461 g/mol. The molecule has 33 heavy (non-hydrogen) atoms. The van der Waals surface area contributed by atoms with Gasteiger partial charge >= 0.3 is 6.18 Å². The molecule has 0 saturated carbocycles. The lowest BCUT2D eigenvalue weighted by Gasteiger charge is -2.35. The Balaban J connectivity index is 1.30. The van der Waals surface area contributed by atoms with Crippen molar-refractivity contribution in [1.29, 1.82) is 0 Å². The van der Waals surface area contributed by atoms with Gasteiger partial charge in [-0.2, -0.15) is 13.2 Å². The summed E-state index contributed by atoms with van der Waals surface area (Å²) in [5.41, 5.74) is 0.940. The van der Waals surface area contributed by atoms with Crippen LogP contribution in [-0.2, 0) is 11.0 Å². The maximum Gasteiger partial charge on any atom is 0.417 e. The van der Waals surface area contributed by atoms with Gasteiger partial charge in [0.25, 0.3) is 0 Å². The monoisotopic (exact) mass is 460 g/mol. The summed E-state index contributed by atoms with van der Waals surface area (Å²) in [7, 11) is 0. The molecule has 9 heteroatoms. The molecule has 1 aromatic heterocycles. The third-order valence-electron chi connectivity index (χ3n) is 6.45. The van der Waals surface area contributed by atoms with Crippen LogP contribution in [0.3, 0.4) is 0 Å². The van der Waals surface area contributed by atoms with Crippen LogP contribution >= 0.6 is 0 Å². The Morgan fingerprint density at radius 3 is 2.24 bits per heavy atom. The van der Waals surface area contributed by atoms with Crippen molar-refractivity contribution in [2.45, 2.75) is 25.4 Å². The number of pyridine rings is 1. The Morgan fingerprint density at radius 1 is 0.909 bits per heavy atom. The number of piperidine rings is 1. The molecule has 0 aliphatic carbocycles. The lowest BCUT2D eigenvalue weighted by Crippen LogP contribution is -2.44. The van der Waals surface area contributed by atoms with Crippen LogP contribution in [0.5, 0.6) is 0 Å². The molecular weight excluding hydrogens is 433 g/mol. The van der Waals surface area contributed by atoms with E-state index in [4.69, 9.17) is 0 Å². The number of rotatable bonds is 4. The summed E-state index contributed by atoms with van der Waals surface area (Å²) >= 11 is 0. The van der Waals surface area contributed by atoms with Gasteiger partial charge < -0.3 is 14.7 Å². The summed E-state index contributed by atoms with van der Waals surface area (Å²) < 4.78 is 38.3. The fourth-order valence-corrected chi connectivity index (χ4v) is 4.51. The molecule has 0 unspecified atom stereocenters. The summed E-state index contributed by atoms with van der Waals surface area (Å²) in [5.74, 6) is 0.644. The molecule has 2 aliphatic rings. The highest BCUT2D eigenvalue weighted by Gasteiger charge is 2.32. The van der Waals surface area contributed by atoms with Gasteiger partial charge in [0.15, 0.2) is 0 Å². The van der Waals surface area contributed by atoms with E-state index in [-0.39, 0.29) is 11.8 Å². The first-order chi connectivity index (χ1) is 15.8. The Kier molecular flexibility index (Phi) is 6.85. The minimum atomic E-state index is -4.40. The number of anilines is 2. The number of aromatic nitrogens is 1. The van der Waals surface area contributed by atoms with Crippen molar-refractivity contribution in [3.8, 4) is 0 Å². The van der Waals surface area contributed by atoms with Crippen LogP contribution in [0.1, 0.15) is 35.2 Å². The highest BCUT2D eigenvalue weighted by Crippen LogP contribution is 2.30. The third kappa shape index (κ3) is 5.46. The summed E-state index contributed by atoms with van der Waals surface area (Å²) in [4.78, 5) is 34.0. The molecule has 1 amide bonds.